The summed E-state index contributed by atoms with van der Waals surface area (Å²) in [6, 6.07) is 0.549. The molecule has 0 unspecified atom stereocenters. The molecule has 4 heteroatoms. The van der Waals surface area contributed by atoms with Crippen molar-refractivity contribution < 1.29 is 14.6 Å². The summed E-state index contributed by atoms with van der Waals surface area (Å²) in [5.74, 6) is -0.241. The Balaban J connectivity index is 2.60. The van der Waals surface area contributed by atoms with Gasteiger partial charge in [-0.2, -0.15) is 0 Å². The van der Waals surface area contributed by atoms with E-state index in [-0.39, 0.29) is 12.6 Å². The van der Waals surface area contributed by atoms with Crippen molar-refractivity contribution >= 4 is 5.97 Å². The van der Waals surface area contributed by atoms with E-state index < -0.39 is 0 Å². The van der Waals surface area contributed by atoms with Crippen LogP contribution in [0.4, 0.5) is 0 Å². The molecule has 0 atom stereocenters. The Hall–Kier alpha value is -0.870. The normalized spacial score (nSPS) is 17.8. The van der Waals surface area contributed by atoms with Crippen molar-refractivity contribution in [1.29, 1.82) is 0 Å². The molecule has 1 aliphatic carbocycles. The average molecular weight is 269 g/mol. The molecular formula is C15H27NO3. The van der Waals surface area contributed by atoms with E-state index in [0.29, 0.717) is 19.0 Å². The van der Waals surface area contributed by atoms with Gasteiger partial charge < -0.3 is 9.84 Å². The van der Waals surface area contributed by atoms with Crippen LogP contribution in [-0.2, 0) is 9.53 Å². The van der Waals surface area contributed by atoms with Crippen molar-refractivity contribution in [3.8, 4) is 0 Å². The van der Waals surface area contributed by atoms with Gasteiger partial charge in [0.25, 0.3) is 0 Å². The minimum atomic E-state index is -0.241. The van der Waals surface area contributed by atoms with Crippen molar-refractivity contribution in [3.05, 3.63) is 11.6 Å². The lowest BCUT2D eigenvalue weighted by Gasteiger charge is -2.33. The molecule has 0 aromatic rings. The van der Waals surface area contributed by atoms with Gasteiger partial charge in [0.15, 0.2) is 0 Å². The van der Waals surface area contributed by atoms with Gasteiger partial charge >= 0.3 is 5.97 Å². The predicted octanol–water partition coefficient (Wildman–Crippen LogP) is 2.12. The van der Waals surface area contributed by atoms with Crippen LogP contribution in [-0.4, -0.2) is 48.8 Å². The maximum Gasteiger partial charge on any atom is 0.333 e. The van der Waals surface area contributed by atoms with Gasteiger partial charge in [-0.3, -0.25) is 4.90 Å². The highest BCUT2D eigenvalue weighted by molar-refractivity contribution is 5.88. The van der Waals surface area contributed by atoms with Crippen LogP contribution < -0.4 is 0 Å². The molecule has 0 aliphatic heterocycles. The number of nitrogens with zero attached hydrogens (tertiary/aromatic N) is 1. The SMILES string of the molecule is CCC(=CCN(CCO)C1CCCCC1)C(=O)OC. The van der Waals surface area contributed by atoms with Gasteiger partial charge in [0, 0.05) is 24.7 Å². The molecule has 4 nitrogen and oxygen atoms in total. The van der Waals surface area contributed by atoms with Crippen molar-refractivity contribution in [3.63, 3.8) is 0 Å². The minimum Gasteiger partial charge on any atom is -0.466 e. The van der Waals surface area contributed by atoms with Crippen LogP contribution in [0.1, 0.15) is 45.4 Å². The van der Waals surface area contributed by atoms with Crippen molar-refractivity contribution in [1.82, 2.24) is 4.90 Å². The van der Waals surface area contributed by atoms with E-state index in [1.165, 1.54) is 39.2 Å². The summed E-state index contributed by atoms with van der Waals surface area (Å²) in [4.78, 5) is 13.8. The first-order chi connectivity index (χ1) is 9.22. The standard InChI is InChI=1S/C15H27NO3/c1-3-13(15(18)19-2)9-10-16(11-12-17)14-7-5-4-6-8-14/h9,14,17H,3-8,10-12H2,1-2H3. The van der Waals surface area contributed by atoms with Crippen LogP contribution in [0.15, 0.2) is 11.6 Å². The fourth-order valence-electron chi connectivity index (χ4n) is 2.73. The summed E-state index contributed by atoms with van der Waals surface area (Å²) in [6.07, 6.45) is 8.91. The number of carbonyl (C=O) groups excluding carboxylic acids is 1. The molecule has 0 radical (unpaired) electrons. The molecule has 0 spiro atoms. The minimum absolute atomic E-state index is 0.171. The van der Waals surface area contributed by atoms with E-state index in [1.807, 2.05) is 13.0 Å². The molecule has 1 N–H and O–H groups in total. The summed E-state index contributed by atoms with van der Waals surface area (Å²) in [5, 5.41) is 9.19. The molecule has 0 bridgehead atoms. The Kier molecular flexibility index (Phi) is 7.75. The van der Waals surface area contributed by atoms with E-state index in [2.05, 4.69) is 4.90 Å². The van der Waals surface area contributed by atoms with Crippen LogP contribution in [0.2, 0.25) is 0 Å². The monoisotopic (exact) mass is 269 g/mol. The third-order valence-electron chi connectivity index (χ3n) is 3.88. The fraction of sp³-hybridized carbons (Fsp3) is 0.800. The largest absolute Gasteiger partial charge is 0.466 e. The smallest absolute Gasteiger partial charge is 0.333 e. The van der Waals surface area contributed by atoms with Gasteiger partial charge in [-0.1, -0.05) is 32.3 Å². The zero-order chi connectivity index (χ0) is 14.1. The Labute approximate surface area is 116 Å². The third kappa shape index (κ3) is 5.33. The van der Waals surface area contributed by atoms with Crippen LogP contribution in [0.5, 0.6) is 0 Å². The van der Waals surface area contributed by atoms with E-state index in [4.69, 9.17) is 4.74 Å². The molecule has 1 rings (SSSR count). The Morgan fingerprint density at radius 1 is 1.37 bits per heavy atom. The second-order valence-electron chi connectivity index (χ2n) is 5.08. The first-order valence-corrected chi connectivity index (χ1v) is 7.35. The summed E-state index contributed by atoms with van der Waals surface area (Å²) in [7, 11) is 1.42. The van der Waals surface area contributed by atoms with Gasteiger partial charge in [0.1, 0.15) is 0 Å². The van der Waals surface area contributed by atoms with Crippen LogP contribution in [0.25, 0.3) is 0 Å². The van der Waals surface area contributed by atoms with Crippen molar-refractivity contribution in [2.45, 2.75) is 51.5 Å². The quantitative estimate of drug-likeness (QED) is 0.568. The van der Waals surface area contributed by atoms with Crippen LogP contribution in [0.3, 0.4) is 0 Å². The topological polar surface area (TPSA) is 49.8 Å². The lowest BCUT2D eigenvalue weighted by atomic mass is 9.94. The molecule has 1 aliphatic rings. The second kappa shape index (κ2) is 9.10. The zero-order valence-electron chi connectivity index (χ0n) is 12.2. The maximum absolute atomic E-state index is 11.5. The van der Waals surface area contributed by atoms with Crippen molar-refractivity contribution in [2.75, 3.05) is 26.8 Å². The van der Waals surface area contributed by atoms with E-state index >= 15 is 0 Å². The summed E-state index contributed by atoms with van der Waals surface area (Å²) in [5.41, 5.74) is 0.723. The predicted molar refractivity (Wildman–Crippen MR) is 75.9 cm³/mol. The number of methoxy groups -OCH3 is 1. The highest BCUT2D eigenvalue weighted by atomic mass is 16.5. The zero-order valence-corrected chi connectivity index (χ0v) is 12.2. The molecular weight excluding hydrogens is 242 g/mol. The van der Waals surface area contributed by atoms with E-state index in [9.17, 15) is 9.90 Å². The van der Waals surface area contributed by atoms with Gasteiger partial charge in [0.05, 0.1) is 13.7 Å². The number of rotatable bonds is 7. The molecule has 1 saturated carbocycles. The molecule has 0 amide bonds. The first kappa shape index (κ1) is 16.2. The third-order valence-corrected chi connectivity index (χ3v) is 3.88. The number of aliphatic hydroxyl groups excluding tert-OH is 1. The molecule has 1 fully saturated rings. The Morgan fingerprint density at radius 3 is 2.58 bits per heavy atom. The van der Waals surface area contributed by atoms with Gasteiger partial charge in [-0.25, -0.2) is 4.79 Å². The van der Waals surface area contributed by atoms with Crippen molar-refractivity contribution in [2.24, 2.45) is 0 Å². The van der Waals surface area contributed by atoms with Gasteiger partial charge in [0.2, 0.25) is 0 Å². The number of hydrogen-bond donors (Lipinski definition) is 1. The number of carbonyl (C=O) groups is 1. The van der Waals surface area contributed by atoms with E-state index in [0.717, 1.165) is 12.1 Å². The van der Waals surface area contributed by atoms with Crippen LogP contribution in [0, 0.1) is 0 Å². The highest BCUT2D eigenvalue weighted by Gasteiger charge is 2.20. The first-order valence-electron chi connectivity index (χ1n) is 7.35. The number of esters is 1. The number of hydrogen-bond acceptors (Lipinski definition) is 4. The Morgan fingerprint density at radius 2 is 2.05 bits per heavy atom. The average Bonchev–Trinajstić information content (AvgIpc) is 2.47. The lowest BCUT2D eigenvalue weighted by Crippen LogP contribution is -2.39. The van der Waals surface area contributed by atoms with E-state index in [1.54, 1.807) is 0 Å². The molecule has 0 heterocycles. The maximum atomic E-state index is 11.5. The van der Waals surface area contributed by atoms with Gasteiger partial charge in [-0.05, 0) is 19.3 Å². The van der Waals surface area contributed by atoms with Gasteiger partial charge in [-0.15, -0.1) is 0 Å². The number of ether oxygens (including phenoxy) is 1. The second-order valence-corrected chi connectivity index (χ2v) is 5.08. The molecule has 0 aromatic carbocycles. The molecule has 0 saturated heterocycles. The number of aliphatic hydroxyl groups is 1. The molecule has 0 aromatic heterocycles. The van der Waals surface area contributed by atoms with Crippen LogP contribution >= 0.6 is 0 Å². The molecule has 110 valence electrons. The summed E-state index contributed by atoms with van der Waals surface area (Å²) < 4.78 is 4.77. The Bertz CT molecular complexity index is 296. The highest BCUT2D eigenvalue weighted by Crippen LogP contribution is 2.22. The lowest BCUT2D eigenvalue weighted by molar-refractivity contribution is -0.136. The summed E-state index contributed by atoms with van der Waals surface area (Å²) >= 11 is 0. The summed E-state index contributed by atoms with van der Waals surface area (Å²) in [6.45, 7) is 3.53. The fourth-order valence-corrected chi connectivity index (χ4v) is 2.73. The molecule has 19 heavy (non-hydrogen) atoms.